The Morgan fingerprint density at radius 1 is 1.18 bits per heavy atom. The van der Waals surface area contributed by atoms with Crippen molar-refractivity contribution in [3.05, 3.63) is 35.4 Å². The van der Waals surface area contributed by atoms with Gasteiger partial charge in [0.1, 0.15) is 0 Å². The van der Waals surface area contributed by atoms with Gasteiger partial charge in [0, 0.05) is 13.1 Å². The quantitative estimate of drug-likeness (QED) is 0.816. The maximum Gasteiger partial charge on any atom is 0.00204 e. The van der Waals surface area contributed by atoms with Crippen molar-refractivity contribution in [2.45, 2.75) is 44.9 Å². The first-order chi connectivity index (χ1) is 8.19. The Kier molecular flexibility index (Phi) is 2.74. The van der Waals surface area contributed by atoms with Crippen LogP contribution in [0.3, 0.4) is 0 Å². The minimum Gasteiger partial charge on any atom is -0.316 e. The number of hydrogen-bond donors (Lipinski definition) is 1. The SMILES string of the molecule is CC(C)c1ccc(C2CCC3(CNC3)C2)cc1. The van der Waals surface area contributed by atoms with Crippen molar-refractivity contribution in [1.82, 2.24) is 5.32 Å². The Hall–Kier alpha value is -0.820. The summed E-state index contributed by atoms with van der Waals surface area (Å²) in [7, 11) is 0. The Balaban J connectivity index is 1.72. The average molecular weight is 229 g/mol. The van der Waals surface area contributed by atoms with Gasteiger partial charge >= 0.3 is 0 Å². The second kappa shape index (κ2) is 4.13. The molecule has 0 amide bonds. The fraction of sp³-hybridized carbons (Fsp3) is 0.625. The van der Waals surface area contributed by atoms with Crippen LogP contribution in [0.15, 0.2) is 24.3 Å². The van der Waals surface area contributed by atoms with Crippen molar-refractivity contribution in [3.8, 4) is 0 Å². The summed E-state index contributed by atoms with van der Waals surface area (Å²) in [6.07, 6.45) is 4.22. The molecule has 1 unspecified atom stereocenters. The standard InChI is InChI=1S/C16H23N/c1-12(2)13-3-5-14(6-4-13)15-7-8-16(9-15)10-17-11-16/h3-6,12,15,17H,7-11H2,1-2H3. The number of nitrogens with one attached hydrogen (secondary N) is 1. The Morgan fingerprint density at radius 2 is 1.88 bits per heavy atom. The van der Waals surface area contributed by atoms with Crippen LogP contribution in [0.25, 0.3) is 0 Å². The Morgan fingerprint density at radius 3 is 2.35 bits per heavy atom. The van der Waals surface area contributed by atoms with Crippen LogP contribution in [-0.4, -0.2) is 13.1 Å². The summed E-state index contributed by atoms with van der Waals surface area (Å²) in [5.41, 5.74) is 3.70. The van der Waals surface area contributed by atoms with E-state index < -0.39 is 0 Å². The van der Waals surface area contributed by atoms with Crippen molar-refractivity contribution >= 4 is 0 Å². The summed E-state index contributed by atoms with van der Waals surface area (Å²) in [6, 6.07) is 9.38. The van der Waals surface area contributed by atoms with Gasteiger partial charge in [-0.1, -0.05) is 38.1 Å². The third kappa shape index (κ3) is 2.01. The van der Waals surface area contributed by atoms with Crippen LogP contribution < -0.4 is 5.32 Å². The highest BCUT2D eigenvalue weighted by atomic mass is 15.0. The van der Waals surface area contributed by atoms with E-state index in [1.54, 1.807) is 5.56 Å². The lowest BCUT2D eigenvalue weighted by Crippen LogP contribution is -2.51. The average Bonchev–Trinajstić information content (AvgIpc) is 2.74. The summed E-state index contributed by atoms with van der Waals surface area (Å²) >= 11 is 0. The molecule has 1 aliphatic heterocycles. The first kappa shape index (κ1) is 11.3. The van der Waals surface area contributed by atoms with Crippen LogP contribution >= 0.6 is 0 Å². The molecule has 1 N–H and O–H groups in total. The van der Waals surface area contributed by atoms with E-state index in [4.69, 9.17) is 0 Å². The molecule has 0 radical (unpaired) electrons. The highest BCUT2D eigenvalue weighted by Gasteiger charge is 2.43. The van der Waals surface area contributed by atoms with Gasteiger partial charge in [0.25, 0.3) is 0 Å². The molecule has 1 spiro atoms. The molecule has 1 aliphatic carbocycles. The lowest BCUT2D eigenvalue weighted by Gasteiger charge is -2.39. The van der Waals surface area contributed by atoms with Crippen molar-refractivity contribution in [3.63, 3.8) is 0 Å². The number of rotatable bonds is 2. The molecule has 1 atom stereocenters. The van der Waals surface area contributed by atoms with Crippen molar-refractivity contribution in [2.75, 3.05) is 13.1 Å². The number of benzene rings is 1. The minimum atomic E-state index is 0.648. The third-order valence-corrected chi connectivity index (χ3v) is 4.78. The topological polar surface area (TPSA) is 12.0 Å². The van der Waals surface area contributed by atoms with Gasteiger partial charge in [-0.25, -0.2) is 0 Å². The predicted octanol–water partition coefficient (Wildman–Crippen LogP) is 3.67. The van der Waals surface area contributed by atoms with Gasteiger partial charge in [-0.3, -0.25) is 0 Å². The maximum absolute atomic E-state index is 3.44. The van der Waals surface area contributed by atoms with Crippen LogP contribution in [0.4, 0.5) is 0 Å². The second-order valence-electron chi connectivity index (χ2n) is 6.36. The molecule has 1 aromatic rings. The van der Waals surface area contributed by atoms with Crippen molar-refractivity contribution < 1.29 is 0 Å². The summed E-state index contributed by atoms with van der Waals surface area (Å²) in [4.78, 5) is 0. The van der Waals surface area contributed by atoms with Crippen LogP contribution in [0.2, 0.25) is 0 Å². The molecule has 1 heteroatoms. The predicted molar refractivity (Wildman–Crippen MR) is 72.4 cm³/mol. The molecule has 92 valence electrons. The summed E-state index contributed by atoms with van der Waals surface area (Å²) < 4.78 is 0. The molecule has 3 rings (SSSR count). The van der Waals surface area contributed by atoms with Crippen molar-refractivity contribution in [2.24, 2.45) is 5.41 Å². The van der Waals surface area contributed by atoms with Gasteiger partial charge in [-0.2, -0.15) is 0 Å². The second-order valence-corrected chi connectivity index (χ2v) is 6.36. The van der Waals surface area contributed by atoms with E-state index >= 15 is 0 Å². The first-order valence-electron chi connectivity index (χ1n) is 6.99. The van der Waals surface area contributed by atoms with Gasteiger partial charge in [0.2, 0.25) is 0 Å². The normalized spacial score (nSPS) is 26.4. The molecule has 2 fully saturated rings. The molecule has 1 aromatic carbocycles. The van der Waals surface area contributed by atoms with Crippen LogP contribution in [0.5, 0.6) is 0 Å². The van der Waals surface area contributed by atoms with E-state index in [9.17, 15) is 0 Å². The fourth-order valence-corrected chi connectivity index (χ4v) is 3.44. The van der Waals surface area contributed by atoms with Gasteiger partial charge in [-0.15, -0.1) is 0 Å². The molecule has 0 bridgehead atoms. The van der Waals surface area contributed by atoms with Crippen molar-refractivity contribution in [1.29, 1.82) is 0 Å². The van der Waals surface area contributed by atoms with Gasteiger partial charge in [0.05, 0.1) is 0 Å². The molecule has 0 aromatic heterocycles. The van der Waals surface area contributed by atoms with Gasteiger partial charge in [0.15, 0.2) is 0 Å². The largest absolute Gasteiger partial charge is 0.316 e. The molecule has 1 nitrogen and oxygen atoms in total. The number of hydrogen-bond acceptors (Lipinski definition) is 1. The smallest absolute Gasteiger partial charge is 0.00204 e. The molecule has 1 heterocycles. The third-order valence-electron chi connectivity index (χ3n) is 4.78. The van der Waals surface area contributed by atoms with E-state index in [0.29, 0.717) is 11.3 Å². The van der Waals surface area contributed by atoms with E-state index in [-0.39, 0.29) is 0 Å². The van der Waals surface area contributed by atoms with Crippen LogP contribution in [0, 0.1) is 5.41 Å². The zero-order chi connectivity index (χ0) is 11.9. The van der Waals surface area contributed by atoms with E-state index in [1.165, 1.54) is 37.9 Å². The molecule has 2 aliphatic rings. The highest BCUT2D eigenvalue weighted by Crippen LogP contribution is 2.48. The van der Waals surface area contributed by atoms with E-state index in [1.807, 2.05) is 0 Å². The maximum atomic E-state index is 3.44. The van der Waals surface area contributed by atoms with Crippen LogP contribution in [0.1, 0.15) is 56.1 Å². The summed E-state index contributed by atoms with van der Waals surface area (Å²) in [5.74, 6) is 1.47. The summed E-state index contributed by atoms with van der Waals surface area (Å²) in [5, 5.41) is 3.44. The molecular formula is C16H23N. The Labute approximate surface area is 105 Å². The Bertz CT molecular complexity index is 386. The fourth-order valence-electron chi connectivity index (χ4n) is 3.44. The zero-order valence-electron chi connectivity index (χ0n) is 11.0. The highest BCUT2D eigenvalue weighted by molar-refractivity contribution is 5.28. The molecule has 1 saturated heterocycles. The first-order valence-corrected chi connectivity index (χ1v) is 6.99. The lowest BCUT2D eigenvalue weighted by molar-refractivity contribution is 0.175. The monoisotopic (exact) mass is 229 g/mol. The van der Waals surface area contributed by atoms with Crippen LogP contribution in [-0.2, 0) is 0 Å². The van der Waals surface area contributed by atoms with Gasteiger partial charge in [-0.05, 0) is 47.6 Å². The van der Waals surface area contributed by atoms with E-state index in [0.717, 1.165) is 5.92 Å². The lowest BCUT2D eigenvalue weighted by atomic mass is 9.79. The van der Waals surface area contributed by atoms with Gasteiger partial charge < -0.3 is 5.32 Å². The molecule has 17 heavy (non-hydrogen) atoms. The molecular weight excluding hydrogens is 206 g/mol. The van der Waals surface area contributed by atoms with E-state index in [2.05, 4.69) is 43.4 Å². The zero-order valence-corrected chi connectivity index (χ0v) is 11.0. The molecule has 1 saturated carbocycles. The minimum absolute atomic E-state index is 0.648. The summed E-state index contributed by atoms with van der Waals surface area (Å²) in [6.45, 7) is 7.04.